The molecule has 42 heavy (non-hydrogen) atoms. The number of anilines is 1. The molecule has 1 aromatic carbocycles. The molecule has 8 nitrogen and oxygen atoms in total. The molecule has 7 atom stereocenters. The van der Waals surface area contributed by atoms with Crippen molar-refractivity contribution < 1.29 is 24.2 Å². The molecule has 0 aliphatic carbocycles. The number of likely N-dealkylation sites (tertiary alicyclic amines) is 1. The molecular weight excluding hydrogens is 554 g/mol. The Labute approximate surface area is 255 Å². The van der Waals surface area contributed by atoms with Crippen LogP contribution in [0.1, 0.15) is 59.8 Å². The largest absolute Gasteiger partial charge is 0.394 e. The highest BCUT2D eigenvalue weighted by Crippen LogP contribution is 2.65. The third-order valence-corrected chi connectivity index (χ3v) is 10.2. The van der Waals surface area contributed by atoms with E-state index in [0.717, 1.165) is 6.42 Å². The summed E-state index contributed by atoms with van der Waals surface area (Å²) in [5.41, 5.74) is -1.56. The van der Waals surface area contributed by atoms with Crippen LogP contribution in [-0.4, -0.2) is 82.2 Å². The van der Waals surface area contributed by atoms with Gasteiger partial charge < -0.3 is 24.5 Å². The summed E-state index contributed by atoms with van der Waals surface area (Å²) in [6.07, 6.45) is 6.35. The van der Waals surface area contributed by atoms with E-state index in [1.54, 1.807) is 51.1 Å². The summed E-state index contributed by atoms with van der Waals surface area (Å²) < 4.78 is 6.97. The monoisotopic (exact) mass is 599 g/mol. The molecule has 3 amide bonds. The topological polar surface area (TPSA) is 90.4 Å². The lowest BCUT2D eigenvalue weighted by atomic mass is 9.64. The third kappa shape index (κ3) is 4.99. The first-order valence-electron chi connectivity index (χ1n) is 15.3. The normalized spacial score (nSPS) is 29.2. The van der Waals surface area contributed by atoms with Crippen molar-refractivity contribution in [2.45, 2.75) is 83.1 Å². The van der Waals surface area contributed by atoms with Gasteiger partial charge in [-0.05, 0) is 43.7 Å². The van der Waals surface area contributed by atoms with Crippen LogP contribution in [0.15, 0.2) is 49.6 Å². The van der Waals surface area contributed by atoms with Gasteiger partial charge in [0.05, 0.1) is 40.8 Å². The molecule has 2 unspecified atom stereocenters. The van der Waals surface area contributed by atoms with Gasteiger partial charge >= 0.3 is 0 Å². The van der Waals surface area contributed by atoms with Crippen LogP contribution in [0.5, 0.6) is 0 Å². The Bertz CT molecular complexity index is 1210. The van der Waals surface area contributed by atoms with E-state index in [0.29, 0.717) is 49.5 Å². The predicted molar refractivity (Wildman–Crippen MR) is 165 cm³/mol. The lowest BCUT2D eigenvalue weighted by Gasteiger charge is -2.41. The van der Waals surface area contributed by atoms with Gasteiger partial charge in [-0.3, -0.25) is 14.4 Å². The molecule has 1 spiro atoms. The van der Waals surface area contributed by atoms with Crippen LogP contribution < -0.4 is 4.90 Å². The summed E-state index contributed by atoms with van der Waals surface area (Å²) in [4.78, 5) is 48.8. The fraction of sp³-hybridized carbons (Fsp3) is 0.606. The smallest absolute Gasteiger partial charge is 0.253 e. The van der Waals surface area contributed by atoms with E-state index >= 15 is 0 Å². The molecule has 2 bridgehead atoms. The third-order valence-electron chi connectivity index (χ3n) is 9.84. The number of hydrogen-bond acceptors (Lipinski definition) is 5. The quantitative estimate of drug-likeness (QED) is 0.309. The van der Waals surface area contributed by atoms with Crippen molar-refractivity contribution in [3.05, 3.63) is 54.6 Å². The molecule has 3 saturated heterocycles. The van der Waals surface area contributed by atoms with E-state index in [-0.39, 0.29) is 36.8 Å². The fourth-order valence-corrected chi connectivity index (χ4v) is 7.89. The molecule has 230 valence electrons. The SMILES string of the molecule is C=CCN(CCC)C(=O)[C@H]1[C@H]2C(=O)N([C@@H](CO)[C@@H](C)CC)C(C(=O)N(CC=C)c3ccccc3Cl)C23CC[C@]1(CC)O3. The number of benzene rings is 1. The zero-order valence-electron chi connectivity index (χ0n) is 25.4. The van der Waals surface area contributed by atoms with Crippen molar-refractivity contribution >= 4 is 35.0 Å². The fourth-order valence-electron chi connectivity index (χ4n) is 7.65. The van der Waals surface area contributed by atoms with Crippen molar-refractivity contribution in [2.24, 2.45) is 17.8 Å². The van der Waals surface area contributed by atoms with Gasteiger partial charge in [-0.25, -0.2) is 0 Å². The lowest BCUT2D eigenvalue weighted by Crippen LogP contribution is -2.60. The maximum atomic E-state index is 14.9. The van der Waals surface area contributed by atoms with Gasteiger partial charge in [0.25, 0.3) is 5.91 Å². The zero-order chi connectivity index (χ0) is 30.8. The average molecular weight is 600 g/mol. The molecule has 4 rings (SSSR count). The number of amides is 3. The van der Waals surface area contributed by atoms with E-state index in [2.05, 4.69) is 13.2 Å². The number of halogens is 1. The van der Waals surface area contributed by atoms with Crippen LogP contribution in [0.2, 0.25) is 5.02 Å². The summed E-state index contributed by atoms with van der Waals surface area (Å²) in [5, 5.41) is 11.1. The van der Waals surface area contributed by atoms with E-state index in [1.807, 2.05) is 27.7 Å². The number of fused-ring (bicyclic) bond motifs is 1. The second kappa shape index (κ2) is 12.9. The summed E-state index contributed by atoms with van der Waals surface area (Å²) in [5.74, 6) is -2.45. The Hall–Kier alpha value is -2.68. The van der Waals surface area contributed by atoms with Crippen LogP contribution >= 0.6 is 11.6 Å². The van der Waals surface area contributed by atoms with Crippen molar-refractivity contribution in [1.82, 2.24) is 9.80 Å². The van der Waals surface area contributed by atoms with Gasteiger partial charge in [0.2, 0.25) is 11.8 Å². The van der Waals surface area contributed by atoms with Crippen LogP contribution in [0.3, 0.4) is 0 Å². The number of hydrogen-bond donors (Lipinski definition) is 1. The molecule has 3 aliphatic heterocycles. The molecule has 3 heterocycles. The average Bonchev–Trinajstić information content (AvgIpc) is 3.59. The first kappa shape index (κ1) is 32.2. The Kier molecular flexibility index (Phi) is 9.90. The number of ether oxygens (including phenoxy) is 1. The standard InChI is InChI=1S/C33H46ClN3O5/c1-7-18-35(19-8-2)29(39)26-27-30(40)37(25(21-38)22(6)10-4)28(33(27)17-16-32(26,11-5)42-33)31(41)36(20-9-3)24-15-13-12-14-23(24)34/h7,9,12-15,22,25-28,38H,1,3,8,10-11,16-21H2,2,4-6H3/t22-,25-,26+,27-,28?,32-,33?/m0/s1. The minimum atomic E-state index is -1.21. The number of carbonyl (C=O) groups is 3. The van der Waals surface area contributed by atoms with Crippen molar-refractivity contribution in [1.29, 1.82) is 0 Å². The summed E-state index contributed by atoms with van der Waals surface area (Å²) in [6.45, 7) is 16.4. The van der Waals surface area contributed by atoms with Crippen molar-refractivity contribution in [2.75, 3.05) is 31.1 Å². The number of aliphatic hydroxyl groups is 1. The molecule has 0 saturated carbocycles. The highest BCUT2D eigenvalue weighted by atomic mass is 35.5. The molecule has 1 aromatic rings. The molecule has 3 aliphatic rings. The summed E-state index contributed by atoms with van der Waals surface area (Å²) >= 11 is 6.59. The van der Waals surface area contributed by atoms with E-state index in [4.69, 9.17) is 16.3 Å². The summed E-state index contributed by atoms with van der Waals surface area (Å²) in [6, 6.07) is 5.42. The second-order valence-electron chi connectivity index (χ2n) is 12.0. The Morgan fingerprint density at radius 3 is 2.43 bits per heavy atom. The highest BCUT2D eigenvalue weighted by molar-refractivity contribution is 6.34. The van der Waals surface area contributed by atoms with E-state index in [9.17, 15) is 19.5 Å². The highest BCUT2D eigenvalue weighted by Gasteiger charge is 2.79. The van der Waals surface area contributed by atoms with Gasteiger partial charge in [-0.2, -0.15) is 0 Å². The second-order valence-corrected chi connectivity index (χ2v) is 12.4. The summed E-state index contributed by atoms with van der Waals surface area (Å²) in [7, 11) is 0. The first-order chi connectivity index (χ1) is 20.1. The zero-order valence-corrected chi connectivity index (χ0v) is 26.2. The van der Waals surface area contributed by atoms with Crippen LogP contribution in [0.25, 0.3) is 0 Å². The number of aliphatic hydroxyl groups excluding tert-OH is 1. The minimum Gasteiger partial charge on any atom is -0.394 e. The van der Waals surface area contributed by atoms with Gasteiger partial charge in [0, 0.05) is 19.6 Å². The van der Waals surface area contributed by atoms with Gasteiger partial charge in [-0.15, -0.1) is 13.2 Å². The molecule has 0 aromatic heterocycles. The first-order valence-corrected chi connectivity index (χ1v) is 15.7. The number of rotatable bonds is 14. The number of para-hydroxylation sites is 1. The van der Waals surface area contributed by atoms with E-state index in [1.165, 1.54) is 0 Å². The van der Waals surface area contributed by atoms with E-state index < -0.39 is 35.1 Å². The predicted octanol–water partition coefficient (Wildman–Crippen LogP) is 4.85. The molecule has 1 N–H and O–H groups in total. The molecule has 0 radical (unpaired) electrons. The maximum absolute atomic E-state index is 14.9. The number of nitrogens with zero attached hydrogens (tertiary/aromatic N) is 3. The van der Waals surface area contributed by atoms with Gasteiger partial charge in [-0.1, -0.05) is 70.0 Å². The van der Waals surface area contributed by atoms with Crippen molar-refractivity contribution in [3.63, 3.8) is 0 Å². The van der Waals surface area contributed by atoms with Gasteiger partial charge in [0.15, 0.2) is 0 Å². The van der Waals surface area contributed by atoms with Crippen LogP contribution in [0, 0.1) is 17.8 Å². The molecule has 3 fully saturated rings. The van der Waals surface area contributed by atoms with Crippen molar-refractivity contribution in [3.8, 4) is 0 Å². The Balaban J connectivity index is 1.91. The molecule has 9 heteroatoms. The molecular formula is C33H46ClN3O5. The van der Waals surface area contributed by atoms with Crippen LogP contribution in [0.4, 0.5) is 5.69 Å². The van der Waals surface area contributed by atoms with Gasteiger partial charge in [0.1, 0.15) is 11.6 Å². The lowest BCUT2D eigenvalue weighted by molar-refractivity contribution is -0.154. The maximum Gasteiger partial charge on any atom is 0.253 e. The Morgan fingerprint density at radius 1 is 1.17 bits per heavy atom. The van der Waals surface area contributed by atoms with Crippen LogP contribution in [-0.2, 0) is 19.1 Å². The Morgan fingerprint density at radius 2 is 1.86 bits per heavy atom. The minimum absolute atomic E-state index is 0.0958. The number of carbonyl (C=O) groups excluding carboxylic acids is 3.